The summed E-state index contributed by atoms with van der Waals surface area (Å²) in [5.41, 5.74) is 1.48. The number of anilines is 1. The number of hydrogen-bond acceptors (Lipinski definition) is 3. The molecular formula is C16H19F2N3O. The third-order valence-corrected chi connectivity index (χ3v) is 4.06. The van der Waals surface area contributed by atoms with E-state index in [1.165, 1.54) is 12.1 Å². The molecular weight excluding hydrogens is 288 g/mol. The smallest absolute Gasteiger partial charge is 0.150 e. The maximum absolute atomic E-state index is 13.3. The summed E-state index contributed by atoms with van der Waals surface area (Å²) < 4.78 is 28.3. The lowest BCUT2D eigenvalue weighted by Crippen LogP contribution is -2.36. The first-order chi connectivity index (χ1) is 10.5. The van der Waals surface area contributed by atoms with Gasteiger partial charge >= 0.3 is 0 Å². The van der Waals surface area contributed by atoms with E-state index < -0.39 is 11.6 Å². The quantitative estimate of drug-likeness (QED) is 0.945. The lowest BCUT2D eigenvalue weighted by Gasteiger charge is -2.29. The number of aryl methyl sites for hydroxylation is 1. The Morgan fingerprint density at radius 3 is 2.41 bits per heavy atom. The first-order valence-corrected chi connectivity index (χ1v) is 7.42. The minimum atomic E-state index is -0.567. The van der Waals surface area contributed by atoms with Crippen molar-refractivity contribution in [1.29, 1.82) is 0 Å². The van der Waals surface area contributed by atoms with Gasteiger partial charge in [-0.2, -0.15) is 5.10 Å². The Morgan fingerprint density at radius 1 is 1.14 bits per heavy atom. The molecule has 1 aliphatic heterocycles. The predicted octanol–water partition coefficient (Wildman–Crippen LogP) is 2.25. The minimum Gasteiger partial charge on any atom is -0.393 e. The molecule has 0 amide bonds. The molecule has 0 aliphatic carbocycles. The summed E-state index contributed by atoms with van der Waals surface area (Å²) in [6.45, 7) is 1.54. The standard InChI is InChI=1S/C16H19F2N3O/c1-20-14(8-11-6-12(17)9-13(18)7-11)10-16(19-20)21-4-2-15(22)3-5-21/h6-7,9-10,15,22H,2-5,8H2,1H3. The zero-order valence-electron chi connectivity index (χ0n) is 12.5. The van der Waals surface area contributed by atoms with Crippen molar-refractivity contribution < 1.29 is 13.9 Å². The van der Waals surface area contributed by atoms with Gasteiger partial charge < -0.3 is 10.0 Å². The molecule has 0 bridgehead atoms. The third-order valence-electron chi connectivity index (χ3n) is 4.06. The topological polar surface area (TPSA) is 41.3 Å². The van der Waals surface area contributed by atoms with Crippen LogP contribution in [0.5, 0.6) is 0 Å². The van der Waals surface area contributed by atoms with E-state index in [1.807, 2.05) is 13.1 Å². The Labute approximate surface area is 128 Å². The van der Waals surface area contributed by atoms with Crippen LogP contribution in [0.25, 0.3) is 0 Å². The summed E-state index contributed by atoms with van der Waals surface area (Å²) in [5.74, 6) is -0.286. The molecule has 0 spiro atoms. The molecule has 3 rings (SSSR count). The van der Waals surface area contributed by atoms with Gasteiger partial charge in [-0.15, -0.1) is 0 Å². The van der Waals surface area contributed by atoms with E-state index in [1.54, 1.807) is 4.68 Å². The normalized spacial score (nSPS) is 16.3. The average molecular weight is 307 g/mol. The van der Waals surface area contributed by atoms with Gasteiger partial charge in [-0.25, -0.2) is 8.78 Å². The molecule has 2 aromatic rings. The van der Waals surface area contributed by atoms with E-state index in [0.29, 0.717) is 12.0 Å². The molecule has 118 valence electrons. The van der Waals surface area contributed by atoms with Crippen molar-refractivity contribution in [1.82, 2.24) is 9.78 Å². The number of piperidine rings is 1. The number of rotatable bonds is 3. The average Bonchev–Trinajstić information content (AvgIpc) is 2.80. The van der Waals surface area contributed by atoms with Gasteiger partial charge in [0.25, 0.3) is 0 Å². The van der Waals surface area contributed by atoms with Crippen molar-refractivity contribution >= 4 is 5.82 Å². The first-order valence-electron chi connectivity index (χ1n) is 7.42. The van der Waals surface area contributed by atoms with E-state index in [4.69, 9.17) is 0 Å². The van der Waals surface area contributed by atoms with Gasteiger partial charge in [-0.05, 0) is 30.5 Å². The largest absolute Gasteiger partial charge is 0.393 e. The van der Waals surface area contributed by atoms with Crippen LogP contribution in [-0.2, 0) is 13.5 Å². The molecule has 1 fully saturated rings. The maximum atomic E-state index is 13.3. The highest BCUT2D eigenvalue weighted by atomic mass is 19.1. The third kappa shape index (κ3) is 3.27. The minimum absolute atomic E-state index is 0.227. The number of nitrogens with zero attached hydrogens (tertiary/aromatic N) is 3. The highest BCUT2D eigenvalue weighted by Crippen LogP contribution is 2.21. The summed E-state index contributed by atoms with van der Waals surface area (Å²) in [5, 5.41) is 14.0. The van der Waals surface area contributed by atoms with Gasteiger partial charge in [0.1, 0.15) is 11.6 Å². The highest BCUT2D eigenvalue weighted by Gasteiger charge is 2.20. The molecule has 0 saturated carbocycles. The lowest BCUT2D eigenvalue weighted by molar-refractivity contribution is 0.145. The van der Waals surface area contributed by atoms with Gasteiger partial charge in [0.05, 0.1) is 6.10 Å². The van der Waals surface area contributed by atoms with E-state index in [2.05, 4.69) is 10.00 Å². The van der Waals surface area contributed by atoms with E-state index in [-0.39, 0.29) is 6.10 Å². The number of hydrogen-bond donors (Lipinski definition) is 1. The SMILES string of the molecule is Cn1nc(N2CCC(O)CC2)cc1Cc1cc(F)cc(F)c1. The first kappa shape index (κ1) is 15.0. The van der Waals surface area contributed by atoms with Crippen LogP contribution in [0, 0.1) is 11.6 Å². The molecule has 6 heteroatoms. The van der Waals surface area contributed by atoms with Gasteiger partial charge in [-0.3, -0.25) is 4.68 Å². The molecule has 1 saturated heterocycles. The van der Waals surface area contributed by atoms with Crippen LogP contribution in [-0.4, -0.2) is 34.1 Å². The number of halogens is 2. The Kier molecular flexibility index (Phi) is 4.11. The second-order valence-corrected chi connectivity index (χ2v) is 5.79. The van der Waals surface area contributed by atoms with Crippen molar-refractivity contribution in [3.63, 3.8) is 0 Å². The van der Waals surface area contributed by atoms with Crippen molar-refractivity contribution in [2.75, 3.05) is 18.0 Å². The van der Waals surface area contributed by atoms with Crippen LogP contribution in [0.1, 0.15) is 24.1 Å². The molecule has 1 aliphatic rings. The van der Waals surface area contributed by atoms with Crippen LogP contribution in [0.3, 0.4) is 0 Å². The zero-order chi connectivity index (χ0) is 15.7. The Bertz CT molecular complexity index is 643. The summed E-state index contributed by atoms with van der Waals surface area (Å²) in [4.78, 5) is 2.13. The number of aliphatic hydroxyl groups excluding tert-OH is 1. The highest BCUT2D eigenvalue weighted by molar-refractivity contribution is 5.41. The van der Waals surface area contributed by atoms with E-state index in [0.717, 1.165) is 43.5 Å². The lowest BCUT2D eigenvalue weighted by atomic mass is 10.1. The molecule has 4 nitrogen and oxygen atoms in total. The van der Waals surface area contributed by atoms with Gasteiger partial charge in [0.15, 0.2) is 5.82 Å². The molecule has 1 aromatic carbocycles. The Morgan fingerprint density at radius 2 is 1.77 bits per heavy atom. The molecule has 1 aromatic heterocycles. The summed E-state index contributed by atoms with van der Waals surface area (Å²) >= 11 is 0. The fourth-order valence-corrected chi connectivity index (χ4v) is 2.83. The molecule has 22 heavy (non-hydrogen) atoms. The molecule has 1 N–H and O–H groups in total. The van der Waals surface area contributed by atoms with Crippen LogP contribution >= 0.6 is 0 Å². The fraction of sp³-hybridized carbons (Fsp3) is 0.438. The summed E-state index contributed by atoms with van der Waals surface area (Å²) in [7, 11) is 1.83. The molecule has 0 atom stereocenters. The molecule has 0 unspecified atom stereocenters. The second-order valence-electron chi connectivity index (χ2n) is 5.79. The molecule has 0 radical (unpaired) electrons. The summed E-state index contributed by atoms with van der Waals surface area (Å²) in [6.07, 6.45) is 1.67. The van der Waals surface area contributed by atoms with Crippen molar-refractivity contribution in [3.05, 3.63) is 47.2 Å². The number of aromatic nitrogens is 2. The van der Waals surface area contributed by atoms with Gasteiger partial charge in [-0.1, -0.05) is 0 Å². The van der Waals surface area contributed by atoms with Crippen LogP contribution in [0.2, 0.25) is 0 Å². The van der Waals surface area contributed by atoms with Crippen LogP contribution < -0.4 is 4.90 Å². The Balaban J connectivity index is 1.77. The van der Waals surface area contributed by atoms with Crippen LogP contribution in [0.4, 0.5) is 14.6 Å². The maximum Gasteiger partial charge on any atom is 0.150 e. The van der Waals surface area contributed by atoms with Crippen molar-refractivity contribution in [2.45, 2.75) is 25.4 Å². The van der Waals surface area contributed by atoms with Crippen molar-refractivity contribution in [2.24, 2.45) is 7.05 Å². The summed E-state index contributed by atoms with van der Waals surface area (Å²) in [6, 6.07) is 5.50. The monoisotopic (exact) mass is 307 g/mol. The van der Waals surface area contributed by atoms with E-state index >= 15 is 0 Å². The number of benzene rings is 1. The van der Waals surface area contributed by atoms with Gasteiger partial charge in [0.2, 0.25) is 0 Å². The predicted molar refractivity (Wildman–Crippen MR) is 79.8 cm³/mol. The molecule has 2 heterocycles. The van der Waals surface area contributed by atoms with E-state index in [9.17, 15) is 13.9 Å². The van der Waals surface area contributed by atoms with Gasteiger partial charge in [0, 0.05) is 44.4 Å². The second kappa shape index (κ2) is 6.04. The van der Waals surface area contributed by atoms with Crippen LogP contribution in [0.15, 0.2) is 24.3 Å². The number of aliphatic hydroxyl groups is 1. The fourth-order valence-electron chi connectivity index (χ4n) is 2.83. The zero-order valence-corrected chi connectivity index (χ0v) is 12.5. The van der Waals surface area contributed by atoms with Crippen molar-refractivity contribution in [3.8, 4) is 0 Å². The Hall–Kier alpha value is -1.95.